The van der Waals surface area contributed by atoms with Crippen LogP contribution in [0, 0.1) is 5.92 Å². The molecule has 3 rings (SSSR count). The van der Waals surface area contributed by atoms with Gasteiger partial charge in [0.25, 0.3) is 0 Å². The van der Waals surface area contributed by atoms with E-state index in [0.717, 1.165) is 15.8 Å². The molecule has 1 amide bonds. The molecule has 5 nitrogen and oxygen atoms in total. The van der Waals surface area contributed by atoms with Crippen LogP contribution in [0.3, 0.4) is 0 Å². The minimum absolute atomic E-state index is 0.102. The van der Waals surface area contributed by atoms with E-state index in [-0.39, 0.29) is 16.9 Å². The lowest BCUT2D eigenvalue weighted by atomic mass is 10.1. The van der Waals surface area contributed by atoms with E-state index in [1.807, 2.05) is 30.5 Å². The summed E-state index contributed by atoms with van der Waals surface area (Å²) in [7, 11) is 0. The minimum Gasteiger partial charge on any atom is -0.312 e. The highest BCUT2D eigenvalue weighted by molar-refractivity contribution is 9.10. The predicted octanol–water partition coefficient (Wildman–Crippen LogP) is 3.27. The van der Waals surface area contributed by atoms with Crippen molar-refractivity contribution >= 4 is 44.4 Å². The molecule has 0 bridgehead atoms. The maximum Gasteiger partial charge on any atom is 0.227 e. The lowest BCUT2D eigenvalue weighted by Gasteiger charge is -2.17. The highest BCUT2D eigenvalue weighted by atomic mass is 79.9. The second kappa shape index (κ2) is 6.88. The average Bonchev–Trinajstić information content (AvgIpc) is 3.11. The van der Waals surface area contributed by atoms with Gasteiger partial charge in [-0.2, -0.15) is 5.10 Å². The van der Waals surface area contributed by atoms with Gasteiger partial charge in [0, 0.05) is 37.5 Å². The Morgan fingerprint density at radius 1 is 1.35 bits per heavy atom. The molecule has 1 aromatic heterocycles. The third-order valence-corrected chi connectivity index (χ3v) is 5.16. The highest BCUT2D eigenvalue weighted by Gasteiger charge is 2.30. The number of hydrogen-bond donors (Lipinski definition) is 0. The number of benzene rings is 1. The van der Waals surface area contributed by atoms with Gasteiger partial charge in [-0.3, -0.25) is 9.59 Å². The summed E-state index contributed by atoms with van der Waals surface area (Å²) in [5, 5.41) is 4.34. The lowest BCUT2D eigenvalue weighted by Crippen LogP contribution is -2.24. The number of nitrogens with zero attached hydrogens (tertiary/aromatic N) is 3. The summed E-state index contributed by atoms with van der Waals surface area (Å²) in [6.45, 7) is 2.23. The Balaban J connectivity index is 1.69. The van der Waals surface area contributed by atoms with Gasteiger partial charge in [0.2, 0.25) is 5.91 Å². The number of carbonyl (C=O) groups excluding carboxylic acids is 2. The fourth-order valence-electron chi connectivity index (χ4n) is 2.61. The number of anilines is 1. The smallest absolute Gasteiger partial charge is 0.227 e. The Hall–Kier alpha value is -1.60. The Labute approximate surface area is 147 Å². The fraction of sp³-hybridized carbons (Fsp3) is 0.312. The first-order valence-corrected chi connectivity index (χ1v) is 9.05. The standard InChI is InChI=1S/C16H16BrN3O2S/c1-11(21)23-10-12-6-16(22)19(8-12)14-2-4-15(5-3-14)20-9-13(17)7-18-20/h2-5,7,9,12H,6,8,10H2,1H3. The largest absolute Gasteiger partial charge is 0.312 e. The molecule has 1 aromatic carbocycles. The summed E-state index contributed by atoms with van der Waals surface area (Å²) in [5.74, 6) is 1.06. The van der Waals surface area contributed by atoms with Crippen molar-refractivity contribution in [2.24, 2.45) is 5.92 Å². The lowest BCUT2D eigenvalue weighted by molar-refractivity contribution is -0.117. The molecule has 0 N–H and O–H groups in total. The first-order chi connectivity index (χ1) is 11.0. The first-order valence-electron chi connectivity index (χ1n) is 7.27. The van der Waals surface area contributed by atoms with Crippen LogP contribution in [0.2, 0.25) is 0 Å². The van der Waals surface area contributed by atoms with Crippen LogP contribution in [0.15, 0.2) is 41.1 Å². The van der Waals surface area contributed by atoms with Gasteiger partial charge in [-0.15, -0.1) is 0 Å². The summed E-state index contributed by atoms with van der Waals surface area (Å²) in [5.41, 5.74) is 1.83. The first kappa shape index (κ1) is 16.3. The van der Waals surface area contributed by atoms with Gasteiger partial charge in [-0.25, -0.2) is 4.68 Å². The van der Waals surface area contributed by atoms with Gasteiger partial charge in [-0.1, -0.05) is 11.8 Å². The minimum atomic E-state index is 0.102. The van der Waals surface area contributed by atoms with Gasteiger partial charge in [0.15, 0.2) is 5.12 Å². The maximum atomic E-state index is 12.2. The molecule has 1 aliphatic heterocycles. The summed E-state index contributed by atoms with van der Waals surface area (Å²) in [6, 6.07) is 7.76. The van der Waals surface area contributed by atoms with E-state index in [9.17, 15) is 9.59 Å². The summed E-state index contributed by atoms with van der Waals surface area (Å²) in [6.07, 6.45) is 4.12. The quantitative estimate of drug-likeness (QED) is 0.799. The number of aromatic nitrogens is 2. The molecule has 2 aromatic rings. The van der Waals surface area contributed by atoms with Crippen LogP contribution in [-0.2, 0) is 9.59 Å². The monoisotopic (exact) mass is 393 g/mol. The number of amides is 1. The highest BCUT2D eigenvalue weighted by Crippen LogP contribution is 2.28. The Morgan fingerprint density at radius 2 is 2.04 bits per heavy atom. The van der Waals surface area contributed by atoms with E-state index < -0.39 is 0 Å². The van der Waals surface area contributed by atoms with E-state index in [4.69, 9.17) is 0 Å². The molecule has 23 heavy (non-hydrogen) atoms. The van der Waals surface area contributed by atoms with E-state index in [2.05, 4.69) is 21.0 Å². The van der Waals surface area contributed by atoms with Crippen LogP contribution < -0.4 is 4.90 Å². The molecular formula is C16H16BrN3O2S. The normalized spacial score (nSPS) is 17.7. The Bertz CT molecular complexity index is 729. The van der Waals surface area contributed by atoms with Crippen molar-refractivity contribution in [1.82, 2.24) is 9.78 Å². The van der Waals surface area contributed by atoms with E-state index in [1.54, 1.807) is 22.7 Å². The zero-order valence-corrected chi connectivity index (χ0v) is 15.0. The second-order valence-electron chi connectivity index (χ2n) is 5.50. The topological polar surface area (TPSA) is 55.2 Å². The summed E-state index contributed by atoms with van der Waals surface area (Å²) >= 11 is 4.67. The number of rotatable bonds is 4. The van der Waals surface area contributed by atoms with Crippen molar-refractivity contribution in [3.8, 4) is 5.69 Å². The fourth-order valence-corrected chi connectivity index (χ4v) is 3.58. The average molecular weight is 394 g/mol. The third kappa shape index (κ3) is 3.84. The zero-order valence-electron chi connectivity index (χ0n) is 12.6. The molecule has 0 radical (unpaired) electrons. The number of carbonyl (C=O) groups is 2. The molecule has 0 aliphatic carbocycles. The van der Waals surface area contributed by atoms with Gasteiger partial charge >= 0.3 is 0 Å². The zero-order chi connectivity index (χ0) is 16.4. The Kier molecular flexibility index (Phi) is 4.87. The van der Waals surface area contributed by atoms with Crippen molar-refractivity contribution < 1.29 is 9.59 Å². The van der Waals surface area contributed by atoms with Gasteiger partial charge in [-0.05, 0) is 46.1 Å². The SMILES string of the molecule is CC(=O)SCC1CC(=O)N(c2ccc(-n3cc(Br)cn3)cc2)C1. The molecule has 1 atom stereocenters. The number of thioether (sulfide) groups is 1. The molecule has 7 heteroatoms. The molecule has 1 saturated heterocycles. The third-order valence-electron chi connectivity index (χ3n) is 3.70. The van der Waals surface area contributed by atoms with Crippen molar-refractivity contribution in [2.45, 2.75) is 13.3 Å². The van der Waals surface area contributed by atoms with Crippen molar-refractivity contribution in [1.29, 1.82) is 0 Å². The molecule has 1 unspecified atom stereocenters. The number of hydrogen-bond acceptors (Lipinski definition) is 4. The van der Waals surface area contributed by atoms with Crippen LogP contribution in [0.1, 0.15) is 13.3 Å². The summed E-state index contributed by atoms with van der Waals surface area (Å²) in [4.78, 5) is 25.1. The van der Waals surface area contributed by atoms with Crippen LogP contribution >= 0.6 is 27.7 Å². The molecule has 1 aliphatic rings. The molecular weight excluding hydrogens is 378 g/mol. The van der Waals surface area contributed by atoms with Crippen molar-refractivity contribution in [2.75, 3.05) is 17.2 Å². The molecule has 120 valence electrons. The molecule has 0 spiro atoms. The van der Waals surface area contributed by atoms with Crippen LogP contribution in [-0.4, -0.2) is 33.1 Å². The predicted molar refractivity (Wildman–Crippen MR) is 94.9 cm³/mol. The summed E-state index contributed by atoms with van der Waals surface area (Å²) < 4.78 is 2.69. The van der Waals surface area contributed by atoms with E-state index in [1.165, 1.54) is 11.8 Å². The molecule has 2 heterocycles. The number of halogens is 1. The van der Waals surface area contributed by atoms with Crippen LogP contribution in [0.25, 0.3) is 5.69 Å². The van der Waals surface area contributed by atoms with Crippen LogP contribution in [0.4, 0.5) is 5.69 Å². The van der Waals surface area contributed by atoms with Crippen LogP contribution in [0.5, 0.6) is 0 Å². The van der Waals surface area contributed by atoms with Crippen molar-refractivity contribution in [3.63, 3.8) is 0 Å². The van der Waals surface area contributed by atoms with E-state index >= 15 is 0 Å². The van der Waals surface area contributed by atoms with Gasteiger partial charge in [0.05, 0.1) is 16.4 Å². The second-order valence-corrected chi connectivity index (χ2v) is 7.61. The molecule has 1 fully saturated rings. The van der Waals surface area contributed by atoms with Gasteiger partial charge in [0.1, 0.15) is 0 Å². The van der Waals surface area contributed by atoms with E-state index in [0.29, 0.717) is 18.7 Å². The maximum absolute atomic E-state index is 12.2. The van der Waals surface area contributed by atoms with Crippen molar-refractivity contribution in [3.05, 3.63) is 41.1 Å². The Morgan fingerprint density at radius 3 is 2.65 bits per heavy atom. The molecule has 0 saturated carbocycles. The van der Waals surface area contributed by atoms with Gasteiger partial charge < -0.3 is 4.90 Å².